The standard InChI is InChI=1S/C19H25N3O4/c23-17(11-20-19(26)21-15-8-2-1-3-9-15)22-12-14-7-5-4-6-13(14)10-16(22)18(24)25/h4-7,15-16H,1-3,8-12H2,(H,24,25)(H2,20,21,26). The molecule has 1 atom stereocenters. The molecule has 0 spiro atoms. The molecule has 1 fully saturated rings. The molecule has 140 valence electrons. The summed E-state index contributed by atoms with van der Waals surface area (Å²) in [5.74, 6) is -1.41. The molecule has 1 aromatic carbocycles. The molecule has 7 heteroatoms. The Bertz CT molecular complexity index is 685. The number of carbonyl (C=O) groups is 3. The first-order valence-corrected chi connectivity index (χ1v) is 9.18. The van der Waals surface area contributed by atoms with Gasteiger partial charge in [-0.1, -0.05) is 43.5 Å². The van der Waals surface area contributed by atoms with Gasteiger partial charge in [-0.2, -0.15) is 0 Å². The van der Waals surface area contributed by atoms with Crippen molar-refractivity contribution in [3.8, 4) is 0 Å². The second kappa shape index (κ2) is 8.21. The van der Waals surface area contributed by atoms with Gasteiger partial charge in [0.05, 0.1) is 6.54 Å². The summed E-state index contributed by atoms with van der Waals surface area (Å²) in [6, 6.07) is 6.42. The van der Waals surface area contributed by atoms with Crippen molar-refractivity contribution in [1.29, 1.82) is 0 Å². The van der Waals surface area contributed by atoms with Crippen LogP contribution in [-0.2, 0) is 22.6 Å². The topological polar surface area (TPSA) is 98.7 Å². The first kappa shape index (κ1) is 18.2. The van der Waals surface area contributed by atoms with E-state index in [1.807, 2.05) is 24.3 Å². The van der Waals surface area contributed by atoms with Gasteiger partial charge in [0.15, 0.2) is 0 Å². The van der Waals surface area contributed by atoms with Gasteiger partial charge in [0.25, 0.3) is 0 Å². The van der Waals surface area contributed by atoms with E-state index < -0.39 is 12.0 Å². The van der Waals surface area contributed by atoms with E-state index in [-0.39, 0.29) is 37.5 Å². The van der Waals surface area contributed by atoms with Gasteiger partial charge in [-0.15, -0.1) is 0 Å². The fraction of sp³-hybridized carbons (Fsp3) is 0.526. The predicted octanol–water partition coefficient (Wildman–Crippen LogP) is 1.66. The summed E-state index contributed by atoms with van der Waals surface area (Å²) in [4.78, 5) is 37.5. The zero-order valence-electron chi connectivity index (χ0n) is 14.7. The lowest BCUT2D eigenvalue weighted by Crippen LogP contribution is -2.53. The van der Waals surface area contributed by atoms with Crippen LogP contribution in [-0.4, -0.2) is 46.5 Å². The van der Waals surface area contributed by atoms with Gasteiger partial charge in [0.1, 0.15) is 6.04 Å². The van der Waals surface area contributed by atoms with E-state index in [0.29, 0.717) is 0 Å². The molecule has 1 aromatic rings. The third kappa shape index (κ3) is 4.33. The van der Waals surface area contributed by atoms with Crippen LogP contribution >= 0.6 is 0 Å². The van der Waals surface area contributed by atoms with Crippen molar-refractivity contribution in [2.24, 2.45) is 0 Å². The number of carboxylic acid groups (broad SMARTS) is 1. The predicted molar refractivity (Wildman–Crippen MR) is 95.5 cm³/mol. The van der Waals surface area contributed by atoms with Gasteiger partial charge in [-0.05, 0) is 24.0 Å². The number of amides is 3. The fourth-order valence-electron chi connectivity index (χ4n) is 3.75. The zero-order chi connectivity index (χ0) is 18.5. The van der Waals surface area contributed by atoms with E-state index in [9.17, 15) is 19.5 Å². The third-order valence-corrected chi connectivity index (χ3v) is 5.19. The highest BCUT2D eigenvalue weighted by Crippen LogP contribution is 2.23. The third-order valence-electron chi connectivity index (χ3n) is 5.19. The number of carbonyl (C=O) groups excluding carboxylic acids is 2. The molecule has 26 heavy (non-hydrogen) atoms. The van der Waals surface area contributed by atoms with Crippen molar-refractivity contribution in [2.45, 2.75) is 57.2 Å². The SMILES string of the molecule is O=C(NCC(=O)N1Cc2ccccc2CC1C(=O)O)NC1CCCCC1. The van der Waals surface area contributed by atoms with Crippen molar-refractivity contribution < 1.29 is 19.5 Å². The van der Waals surface area contributed by atoms with Crippen molar-refractivity contribution in [2.75, 3.05) is 6.54 Å². The zero-order valence-corrected chi connectivity index (χ0v) is 14.7. The van der Waals surface area contributed by atoms with Crippen LogP contribution in [0.4, 0.5) is 4.79 Å². The Morgan fingerprint density at radius 1 is 1.08 bits per heavy atom. The molecule has 1 saturated carbocycles. The molecule has 1 unspecified atom stereocenters. The number of aliphatic carboxylic acids is 1. The van der Waals surface area contributed by atoms with Gasteiger partial charge < -0.3 is 20.6 Å². The molecule has 2 aliphatic rings. The minimum Gasteiger partial charge on any atom is -0.480 e. The molecule has 3 amide bonds. The maximum atomic E-state index is 12.5. The van der Waals surface area contributed by atoms with Crippen LogP contribution in [0.15, 0.2) is 24.3 Å². The summed E-state index contributed by atoms with van der Waals surface area (Å²) in [7, 11) is 0. The Morgan fingerprint density at radius 3 is 2.46 bits per heavy atom. The summed E-state index contributed by atoms with van der Waals surface area (Å²) in [5, 5.41) is 14.9. The van der Waals surface area contributed by atoms with Gasteiger partial charge in [-0.3, -0.25) is 4.79 Å². The Morgan fingerprint density at radius 2 is 1.77 bits per heavy atom. The number of fused-ring (bicyclic) bond motifs is 1. The number of urea groups is 1. The summed E-state index contributed by atoms with van der Waals surface area (Å²) >= 11 is 0. The van der Waals surface area contributed by atoms with Crippen molar-refractivity contribution in [3.05, 3.63) is 35.4 Å². The van der Waals surface area contributed by atoms with E-state index in [2.05, 4.69) is 10.6 Å². The lowest BCUT2D eigenvalue weighted by Gasteiger charge is -2.34. The van der Waals surface area contributed by atoms with Gasteiger partial charge in [-0.25, -0.2) is 9.59 Å². The summed E-state index contributed by atoms with van der Waals surface area (Å²) in [5.41, 5.74) is 1.90. The quantitative estimate of drug-likeness (QED) is 0.761. The van der Waals surface area contributed by atoms with Crippen LogP contribution in [0.2, 0.25) is 0 Å². The monoisotopic (exact) mass is 359 g/mol. The second-order valence-corrected chi connectivity index (χ2v) is 7.01. The molecule has 0 aromatic heterocycles. The van der Waals surface area contributed by atoms with E-state index >= 15 is 0 Å². The highest BCUT2D eigenvalue weighted by atomic mass is 16.4. The molecule has 0 saturated heterocycles. The molecule has 3 rings (SSSR count). The Kier molecular flexibility index (Phi) is 5.75. The summed E-state index contributed by atoms with van der Waals surface area (Å²) in [6.45, 7) is 0.0440. The van der Waals surface area contributed by atoms with Gasteiger partial charge >= 0.3 is 12.0 Å². The van der Waals surface area contributed by atoms with Crippen LogP contribution in [0.1, 0.15) is 43.2 Å². The second-order valence-electron chi connectivity index (χ2n) is 7.01. The number of nitrogens with one attached hydrogen (secondary N) is 2. The Labute approximate surface area is 152 Å². The maximum absolute atomic E-state index is 12.5. The van der Waals surface area contributed by atoms with Crippen LogP contribution in [0, 0.1) is 0 Å². The van der Waals surface area contributed by atoms with Crippen molar-refractivity contribution in [1.82, 2.24) is 15.5 Å². The van der Waals surface area contributed by atoms with E-state index in [0.717, 1.165) is 36.8 Å². The number of hydrogen-bond acceptors (Lipinski definition) is 3. The van der Waals surface area contributed by atoms with Crippen molar-refractivity contribution >= 4 is 17.9 Å². The molecule has 1 heterocycles. The first-order valence-electron chi connectivity index (χ1n) is 9.18. The minimum absolute atomic E-state index is 0.160. The molecular formula is C19H25N3O4. The Hall–Kier alpha value is -2.57. The fourth-order valence-corrected chi connectivity index (χ4v) is 3.75. The largest absolute Gasteiger partial charge is 0.480 e. The molecule has 7 nitrogen and oxygen atoms in total. The van der Waals surface area contributed by atoms with E-state index in [1.54, 1.807) is 0 Å². The van der Waals surface area contributed by atoms with Crippen LogP contribution in [0.3, 0.4) is 0 Å². The first-order chi connectivity index (χ1) is 12.5. The molecule has 1 aliphatic carbocycles. The number of nitrogens with zero attached hydrogens (tertiary/aromatic N) is 1. The summed E-state index contributed by atoms with van der Waals surface area (Å²) in [6.07, 6.45) is 5.63. The van der Waals surface area contributed by atoms with Crippen LogP contribution < -0.4 is 10.6 Å². The average Bonchev–Trinajstić information content (AvgIpc) is 2.65. The Balaban J connectivity index is 1.57. The molecule has 1 aliphatic heterocycles. The molecule has 3 N–H and O–H groups in total. The lowest BCUT2D eigenvalue weighted by atomic mass is 9.94. The van der Waals surface area contributed by atoms with Gasteiger partial charge in [0, 0.05) is 19.0 Å². The van der Waals surface area contributed by atoms with Crippen LogP contribution in [0.25, 0.3) is 0 Å². The number of carboxylic acids is 1. The number of benzene rings is 1. The maximum Gasteiger partial charge on any atom is 0.326 e. The van der Waals surface area contributed by atoms with E-state index in [1.165, 1.54) is 11.3 Å². The number of hydrogen-bond donors (Lipinski definition) is 3. The minimum atomic E-state index is -1.03. The van der Waals surface area contributed by atoms with Gasteiger partial charge in [0.2, 0.25) is 5.91 Å². The highest BCUT2D eigenvalue weighted by Gasteiger charge is 2.34. The van der Waals surface area contributed by atoms with E-state index in [4.69, 9.17) is 0 Å². The molecular weight excluding hydrogens is 334 g/mol. The summed E-state index contributed by atoms with van der Waals surface area (Å²) < 4.78 is 0. The normalized spacial score (nSPS) is 20.2. The average molecular weight is 359 g/mol. The van der Waals surface area contributed by atoms with Crippen molar-refractivity contribution in [3.63, 3.8) is 0 Å². The number of rotatable bonds is 4. The smallest absolute Gasteiger partial charge is 0.326 e. The highest BCUT2D eigenvalue weighted by molar-refractivity contribution is 5.88. The van der Waals surface area contributed by atoms with Crippen LogP contribution in [0.5, 0.6) is 0 Å². The lowest BCUT2D eigenvalue weighted by molar-refractivity contribution is -0.150. The molecule has 0 bridgehead atoms. The molecule has 0 radical (unpaired) electrons.